The molecule has 0 aliphatic carbocycles. The summed E-state index contributed by atoms with van der Waals surface area (Å²) < 4.78 is 16.8. The highest BCUT2D eigenvalue weighted by Crippen LogP contribution is 2.34. The highest BCUT2D eigenvalue weighted by atomic mass is 16.7. The normalized spacial score (nSPS) is 13.1. The van der Waals surface area contributed by atoms with E-state index >= 15 is 0 Å². The van der Waals surface area contributed by atoms with Gasteiger partial charge in [0.25, 0.3) is 11.5 Å². The van der Waals surface area contributed by atoms with Crippen LogP contribution in [0.3, 0.4) is 0 Å². The summed E-state index contributed by atoms with van der Waals surface area (Å²) in [5, 5.41) is 7.48. The molecule has 1 unspecified atom stereocenters. The first-order chi connectivity index (χ1) is 14.4. The molecule has 1 aromatic heterocycles. The summed E-state index contributed by atoms with van der Waals surface area (Å²) in [4.78, 5) is 36.9. The van der Waals surface area contributed by atoms with Gasteiger partial charge in [0.1, 0.15) is 0 Å². The molecular formula is C21H19N3O6. The summed E-state index contributed by atoms with van der Waals surface area (Å²) in [5.74, 6) is 0.0196. The van der Waals surface area contributed by atoms with Gasteiger partial charge in [-0.3, -0.25) is 9.59 Å². The number of benzene rings is 2. The first-order valence-corrected chi connectivity index (χ1v) is 9.26. The second kappa shape index (κ2) is 7.86. The van der Waals surface area contributed by atoms with Gasteiger partial charge in [0.2, 0.25) is 6.79 Å². The summed E-state index contributed by atoms with van der Waals surface area (Å²) in [6, 6.07) is 11.7. The lowest BCUT2D eigenvalue weighted by Gasteiger charge is -2.15. The van der Waals surface area contributed by atoms with Crippen LogP contribution < -0.4 is 20.3 Å². The van der Waals surface area contributed by atoms with Gasteiger partial charge >= 0.3 is 5.97 Å². The van der Waals surface area contributed by atoms with Gasteiger partial charge in [0, 0.05) is 12.4 Å². The smallest absolute Gasteiger partial charge is 0.359 e. The van der Waals surface area contributed by atoms with Crippen LogP contribution in [0.2, 0.25) is 0 Å². The zero-order valence-corrected chi connectivity index (χ0v) is 16.4. The Labute approximate surface area is 171 Å². The maximum Gasteiger partial charge on any atom is 0.359 e. The van der Waals surface area contributed by atoms with Crippen LogP contribution in [0.25, 0.3) is 10.8 Å². The fourth-order valence-electron chi connectivity index (χ4n) is 3.20. The van der Waals surface area contributed by atoms with Crippen LogP contribution in [0.15, 0.2) is 47.3 Å². The molecule has 0 saturated heterocycles. The van der Waals surface area contributed by atoms with Gasteiger partial charge in [-0.15, -0.1) is 0 Å². The average Bonchev–Trinajstić information content (AvgIpc) is 3.22. The maximum absolute atomic E-state index is 12.5. The Morgan fingerprint density at radius 1 is 1.17 bits per heavy atom. The van der Waals surface area contributed by atoms with Crippen LogP contribution in [-0.4, -0.2) is 35.1 Å². The summed E-state index contributed by atoms with van der Waals surface area (Å²) in [6.45, 7) is 1.50. The third-order valence-corrected chi connectivity index (χ3v) is 4.76. The molecule has 1 atom stereocenters. The Morgan fingerprint density at radius 3 is 2.70 bits per heavy atom. The molecule has 0 fully saturated rings. The number of ether oxygens (including phenoxy) is 3. The molecule has 3 aromatic rings. The van der Waals surface area contributed by atoms with E-state index < -0.39 is 18.5 Å². The van der Waals surface area contributed by atoms with Crippen LogP contribution in [-0.2, 0) is 16.6 Å². The summed E-state index contributed by atoms with van der Waals surface area (Å²) >= 11 is 0. The molecule has 0 spiro atoms. The van der Waals surface area contributed by atoms with Gasteiger partial charge in [-0.05, 0) is 30.7 Å². The van der Waals surface area contributed by atoms with Gasteiger partial charge < -0.3 is 19.5 Å². The zero-order chi connectivity index (χ0) is 21.3. The van der Waals surface area contributed by atoms with Crippen molar-refractivity contribution in [3.8, 4) is 11.5 Å². The van der Waals surface area contributed by atoms with E-state index in [9.17, 15) is 14.4 Å². The third kappa shape index (κ3) is 3.69. The van der Waals surface area contributed by atoms with Crippen molar-refractivity contribution in [2.24, 2.45) is 7.05 Å². The zero-order valence-electron chi connectivity index (χ0n) is 16.4. The highest BCUT2D eigenvalue weighted by molar-refractivity contribution is 6.02. The van der Waals surface area contributed by atoms with Crippen LogP contribution >= 0.6 is 0 Å². The number of hydrogen-bond acceptors (Lipinski definition) is 7. The van der Waals surface area contributed by atoms with Crippen molar-refractivity contribution < 1.29 is 23.8 Å². The minimum Gasteiger partial charge on any atom is -0.454 e. The van der Waals surface area contributed by atoms with Gasteiger partial charge in [-0.2, -0.15) is 5.10 Å². The average molecular weight is 409 g/mol. The number of carbonyl (C=O) groups is 2. The molecule has 2 heterocycles. The van der Waals surface area contributed by atoms with Crippen LogP contribution in [0, 0.1) is 0 Å². The summed E-state index contributed by atoms with van der Waals surface area (Å²) in [5.41, 5.74) is 0.478. The minimum atomic E-state index is -0.785. The fourth-order valence-corrected chi connectivity index (χ4v) is 3.20. The van der Waals surface area contributed by atoms with E-state index in [-0.39, 0.29) is 24.1 Å². The van der Waals surface area contributed by atoms with Crippen LogP contribution in [0.5, 0.6) is 11.5 Å². The second-order valence-corrected chi connectivity index (χ2v) is 6.80. The van der Waals surface area contributed by atoms with E-state index in [4.69, 9.17) is 14.2 Å². The number of hydrogen-bond donors (Lipinski definition) is 1. The number of aromatic nitrogens is 2. The van der Waals surface area contributed by atoms with Crippen molar-refractivity contribution in [2.45, 2.75) is 13.0 Å². The number of nitrogens with one attached hydrogen (secondary N) is 1. The van der Waals surface area contributed by atoms with E-state index in [2.05, 4.69) is 10.4 Å². The molecule has 0 bridgehead atoms. The van der Waals surface area contributed by atoms with Crippen molar-refractivity contribution in [1.29, 1.82) is 0 Å². The van der Waals surface area contributed by atoms with Gasteiger partial charge in [0.05, 0.1) is 11.4 Å². The lowest BCUT2D eigenvalue weighted by Crippen LogP contribution is -2.31. The first kappa shape index (κ1) is 19.4. The molecular weight excluding hydrogens is 390 g/mol. The Balaban J connectivity index is 1.42. The predicted octanol–water partition coefficient (Wildman–Crippen LogP) is 1.70. The number of amides is 1. The van der Waals surface area contributed by atoms with Gasteiger partial charge in [0.15, 0.2) is 23.8 Å². The summed E-state index contributed by atoms with van der Waals surface area (Å²) in [7, 11) is 1.45. The number of fused-ring (bicyclic) bond motifs is 2. The van der Waals surface area contributed by atoms with Gasteiger partial charge in [-0.25, -0.2) is 9.48 Å². The molecule has 2 aromatic carbocycles. The van der Waals surface area contributed by atoms with E-state index in [1.165, 1.54) is 7.05 Å². The van der Waals surface area contributed by atoms with E-state index in [0.717, 1.165) is 10.2 Å². The molecule has 30 heavy (non-hydrogen) atoms. The highest BCUT2D eigenvalue weighted by Gasteiger charge is 2.20. The van der Waals surface area contributed by atoms with E-state index in [1.54, 1.807) is 43.3 Å². The topological polar surface area (TPSA) is 109 Å². The first-order valence-electron chi connectivity index (χ1n) is 9.26. The molecule has 1 N–H and O–H groups in total. The van der Waals surface area contributed by atoms with Crippen molar-refractivity contribution in [1.82, 2.24) is 15.1 Å². The van der Waals surface area contributed by atoms with E-state index in [0.29, 0.717) is 22.3 Å². The Morgan fingerprint density at radius 2 is 1.90 bits per heavy atom. The van der Waals surface area contributed by atoms with Crippen molar-refractivity contribution >= 4 is 22.6 Å². The third-order valence-electron chi connectivity index (χ3n) is 4.76. The number of esters is 1. The summed E-state index contributed by atoms with van der Waals surface area (Å²) in [6.07, 6.45) is 0. The molecule has 1 aliphatic heterocycles. The second-order valence-electron chi connectivity index (χ2n) is 6.80. The minimum absolute atomic E-state index is 0.0238. The molecule has 1 amide bonds. The monoisotopic (exact) mass is 409 g/mol. The fraction of sp³-hybridized carbons (Fsp3) is 0.238. The van der Waals surface area contributed by atoms with Gasteiger partial charge in [-0.1, -0.05) is 24.3 Å². The molecule has 154 valence electrons. The van der Waals surface area contributed by atoms with E-state index in [1.807, 2.05) is 6.07 Å². The number of nitrogens with zero attached hydrogens (tertiary/aromatic N) is 2. The number of rotatable bonds is 5. The molecule has 9 nitrogen and oxygen atoms in total. The maximum atomic E-state index is 12.5. The Kier molecular flexibility index (Phi) is 5.09. The standard InChI is InChI=1S/C21H19N3O6/c1-12(13-7-8-16-17(9-13)30-11-29-16)22-18(25)10-28-21(27)19-14-5-3-4-6-15(14)20(26)24(2)23-19/h3-9,12H,10-11H2,1-2H3,(H,22,25). The van der Waals surface area contributed by atoms with Crippen molar-refractivity contribution in [3.05, 3.63) is 64.1 Å². The molecule has 0 radical (unpaired) electrons. The quantitative estimate of drug-likeness (QED) is 0.639. The van der Waals surface area contributed by atoms with Crippen LogP contribution in [0.1, 0.15) is 29.0 Å². The molecule has 4 rings (SSSR count). The van der Waals surface area contributed by atoms with Crippen LogP contribution in [0.4, 0.5) is 0 Å². The molecule has 9 heteroatoms. The largest absolute Gasteiger partial charge is 0.454 e. The van der Waals surface area contributed by atoms with Crippen molar-refractivity contribution in [3.63, 3.8) is 0 Å². The molecule has 0 saturated carbocycles. The number of carbonyl (C=O) groups excluding carboxylic acids is 2. The number of aryl methyl sites for hydroxylation is 1. The lowest BCUT2D eigenvalue weighted by molar-refractivity contribution is -0.124. The van der Waals surface area contributed by atoms with Crippen molar-refractivity contribution in [2.75, 3.05) is 13.4 Å². The Bertz CT molecular complexity index is 1200. The predicted molar refractivity (Wildman–Crippen MR) is 106 cm³/mol. The molecule has 1 aliphatic rings. The SMILES string of the molecule is CC(NC(=O)COC(=O)c1nn(C)c(=O)c2ccccc12)c1ccc2c(c1)OCO2. The lowest BCUT2D eigenvalue weighted by atomic mass is 10.1. The Hall–Kier alpha value is -3.88.